The number of phenols is 1. The number of carbonyl (C=O) groups excluding carboxylic acids is 2. The Labute approximate surface area is 177 Å². The van der Waals surface area contributed by atoms with E-state index in [2.05, 4.69) is 0 Å². The van der Waals surface area contributed by atoms with Crippen molar-refractivity contribution in [1.82, 2.24) is 0 Å². The number of hydrogen-bond acceptors (Lipinski definition) is 5. The van der Waals surface area contributed by atoms with Crippen molar-refractivity contribution in [2.45, 2.75) is 0 Å². The Morgan fingerprint density at radius 2 is 1.28 bits per heavy atom. The SMILES string of the molecule is O=C(O)c1cc2c(cc1O)C(=O)N(c1cc(-c3ccc(F)c(F)c3)ccc1C(=O)O)C2=O. The number of carboxylic acid groups (broad SMARTS) is 2. The minimum Gasteiger partial charge on any atom is -0.507 e. The summed E-state index contributed by atoms with van der Waals surface area (Å²) in [6, 6.07) is 8.16. The van der Waals surface area contributed by atoms with Gasteiger partial charge in [-0.05, 0) is 47.5 Å². The number of benzene rings is 3. The Kier molecular flexibility index (Phi) is 4.70. The second-order valence-electron chi connectivity index (χ2n) is 6.83. The first kappa shape index (κ1) is 20.7. The maximum absolute atomic E-state index is 13.7. The topological polar surface area (TPSA) is 132 Å². The van der Waals surface area contributed by atoms with Crippen molar-refractivity contribution < 1.29 is 43.3 Å². The second-order valence-corrected chi connectivity index (χ2v) is 6.83. The van der Waals surface area contributed by atoms with E-state index in [1.54, 1.807) is 0 Å². The highest BCUT2D eigenvalue weighted by molar-refractivity contribution is 6.35. The standard InChI is InChI=1S/C22H11F2NO7/c23-15-4-2-9(5-16(15)24)10-1-3-11(21(29)30)17(6-10)25-19(27)12-7-14(22(31)32)18(26)8-13(12)20(25)28/h1-8,26H,(H,29,30)(H,31,32). The highest BCUT2D eigenvalue weighted by Crippen LogP contribution is 2.36. The first-order valence-corrected chi connectivity index (χ1v) is 8.92. The average molecular weight is 439 g/mol. The maximum atomic E-state index is 13.7. The van der Waals surface area contributed by atoms with Crippen LogP contribution in [0.5, 0.6) is 5.75 Å². The van der Waals surface area contributed by atoms with Crippen molar-refractivity contribution in [2.75, 3.05) is 4.90 Å². The predicted octanol–water partition coefficient (Wildman–Crippen LogP) is 3.53. The molecule has 0 bridgehead atoms. The third-order valence-electron chi connectivity index (χ3n) is 4.96. The first-order chi connectivity index (χ1) is 15.1. The summed E-state index contributed by atoms with van der Waals surface area (Å²) in [5.74, 6) is -7.97. The zero-order valence-electron chi connectivity index (χ0n) is 15.8. The van der Waals surface area contributed by atoms with E-state index >= 15 is 0 Å². The molecule has 0 aromatic heterocycles. The lowest BCUT2D eigenvalue weighted by atomic mass is 10.0. The number of carbonyl (C=O) groups is 4. The van der Waals surface area contributed by atoms with Gasteiger partial charge >= 0.3 is 11.9 Å². The van der Waals surface area contributed by atoms with E-state index in [-0.39, 0.29) is 27.9 Å². The lowest BCUT2D eigenvalue weighted by Gasteiger charge is -2.18. The zero-order valence-corrected chi connectivity index (χ0v) is 15.8. The highest BCUT2D eigenvalue weighted by atomic mass is 19.2. The molecular formula is C22H11F2NO7. The van der Waals surface area contributed by atoms with Gasteiger partial charge < -0.3 is 15.3 Å². The summed E-state index contributed by atoms with van der Waals surface area (Å²) in [5.41, 5.74) is -1.71. The van der Waals surface area contributed by atoms with Gasteiger partial charge in [0.2, 0.25) is 0 Å². The van der Waals surface area contributed by atoms with Gasteiger partial charge in [0.05, 0.1) is 22.4 Å². The molecule has 3 aromatic rings. The van der Waals surface area contributed by atoms with E-state index in [0.29, 0.717) is 4.90 Å². The van der Waals surface area contributed by atoms with Crippen molar-refractivity contribution >= 4 is 29.4 Å². The van der Waals surface area contributed by atoms with E-state index in [4.69, 9.17) is 5.11 Å². The molecule has 8 nitrogen and oxygen atoms in total. The van der Waals surface area contributed by atoms with Crippen LogP contribution in [0.15, 0.2) is 48.5 Å². The maximum Gasteiger partial charge on any atom is 0.339 e. The number of amides is 2. The van der Waals surface area contributed by atoms with Gasteiger partial charge in [0.25, 0.3) is 11.8 Å². The molecule has 160 valence electrons. The molecule has 1 heterocycles. The summed E-state index contributed by atoms with van der Waals surface area (Å²) in [6.07, 6.45) is 0. The molecule has 0 fully saturated rings. The molecular weight excluding hydrogens is 428 g/mol. The number of nitrogens with zero attached hydrogens (tertiary/aromatic N) is 1. The molecule has 2 amide bonds. The zero-order chi connectivity index (χ0) is 23.3. The van der Waals surface area contributed by atoms with Gasteiger partial charge in [-0.15, -0.1) is 0 Å². The number of carboxylic acids is 2. The van der Waals surface area contributed by atoms with E-state index in [0.717, 1.165) is 36.4 Å². The molecule has 10 heteroatoms. The van der Waals surface area contributed by atoms with Crippen molar-refractivity contribution in [1.29, 1.82) is 0 Å². The predicted molar refractivity (Wildman–Crippen MR) is 105 cm³/mol. The molecule has 0 aliphatic carbocycles. The smallest absolute Gasteiger partial charge is 0.339 e. The largest absolute Gasteiger partial charge is 0.507 e. The number of hydrogen-bond donors (Lipinski definition) is 3. The Hall–Kier alpha value is -4.60. The summed E-state index contributed by atoms with van der Waals surface area (Å²) in [7, 11) is 0. The Morgan fingerprint density at radius 3 is 1.88 bits per heavy atom. The number of fused-ring (bicyclic) bond motifs is 1. The lowest BCUT2D eigenvalue weighted by Crippen LogP contribution is -2.31. The minimum absolute atomic E-state index is 0.157. The monoisotopic (exact) mass is 439 g/mol. The molecule has 3 N–H and O–H groups in total. The molecule has 3 aromatic carbocycles. The van der Waals surface area contributed by atoms with Crippen molar-refractivity contribution in [2.24, 2.45) is 0 Å². The minimum atomic E-state index is -1.53. The van der Waals surface area contributed by atoms with Crippen LogP contribution in [-0.2, 0) is 0 Å². The number of imide groups is 1. The quantitative estimate of drug-likeness (QED) is 0.530. The van der Waals surface area contributed by atoms with Crippen molar-refractivity contribution in [3.05, 3.63) is 82.4 Å². The third kappa shape index (κ3) is 3.14. The van der Waals surface area contributed by atoms with Gasteiger partial charge in [-0.2, -0.15) is 0 Å². The van der Waals surface area contributed by atoms with Crippen LogP contribution in [-0.4, -0.2) is 39.1 Å². The molecule has 1 aliphatic heterocycles. The van der Waals surface area contributed by atoms with Gasteiger partial charge in [0.1, 0.15) is 11.3 Å². The van der Waals surface area contributed by atoms with E-state index in [1.807, 2.05) is 0 Å². The number of aromatic hydroxyl groups is 1. The molecule has 0 radical (unpaired) electrons. The molecule has 0 unspecified atom stereocenters. The Balaban J connectivity index is 1.89. The van der Waals surface area contributed by atoms with Gasteiger partial charge in [-0.3, -0.25) is 9.59 Å². The highest BCUT2D eigenvalue weighted by Gasteiger charge is 2.40. The van der Waals surface area contributed by atoms with E-state index in [9.17, 15) is 38.2 Å². The van der Waals surface area contributed by atoms with Crippen LogP contribution in [0.3, 0.4) is 0 Å². The average Bonchev–Trinajstić information content (AvgIpc) is 2.98. The van der Waals surface area contributed by atoms with Crippen LogP contribution in [0, 0.1) is 11.6 Å². The summed E-state index contributed by atoms with van der Waals surface area (Å²) in [5, 5.41) is 28.6. The molecule has 4 rings (SSSR count). The fourth-order valence-electron chi connectivity index (χ4n) is 3.42. The molecule has 0 atom stereocenters. The molecule has 32 heavy (non-hydrogen) atoms. The van der Waals surface area contributed by atoms with Crippen LogP contribution in [0.2, 0.25) is 0 Å². The summed E-state index contributed by atoms with van der Waals surface area (Å²) in [4.78, 5) is 49.4. The van der Waals surface area contributed by atoms with Crippen LogP contribution in [0.4, 0.5) is 14.5 Å². The van der Waals surface area contributed by atoms with Crippen molar-refractivity contribution in [3.63, 3.8) is 0 Å². The van der Waals surface area contributed by atoms with E-state index < -0.39 is 52.3 Å². The lowest BCUT2D eigenvalue weighted by molar-refractivity contribution is 0.0684. The number of halogens is 2. The van der Waals surface area contributed by atoms with Crippen LogP contribution >= 0.6 is 0 Å². The number of rotatable bonds is 4. The molecule has 0 spiro atoms. The summed E-state index contributed by atoms with van der Waals surface area (Å²) in [6.45, 7) is 0. The fraction of sp³-hybridized carbons (Fsp3) is 0. The normalized spacial score (nSPS) is 12.8. The number of aromatic carboxylic acids is 2. The van der Waals surface area contributed by atoms with Gasteiger partial charge in [-0.25, -0.2) is 23.3 Å². The molecule has 0 saturated heterocycles. The Morgan fingerprint density at radius 1 is 0.719 bits per heavy atom. The Bertz CT molecular complexity index is 1370. The summed E-state index contributed by atoms with van der Waals surface area (Å²) < 4.78 is 26.9. The van der Waals surface area contributed by atoms with Crippen molar-refractivity contribution in [3.8, 4) is 16.9 Å². The van der Waals surface area contributed by atoms with Gasteiger partial charge in [0, 0.05) is 0 Å². The summed E-state index contributed by atoms with van der Waals surface area (Å²) >= 11 is 0. The van der Waals surface area contributed by atoms with Gasteiger partial charge in [-0.1, -0.05) is 12.1 Å². The van der Waals surface area contributed by atoms with Crippen LogP contribution < -0.4 is 4.90 Å². The molecule has 0 saturated carbocycles. The number of anilines is 1. The van der Waals surface area contributed by atoms with Crippen LogP contribution in [0.1, 0.15) is 41.4 Å². The second kappa shape index (κ2) is 7.27. The molecule has 1 aliphatic rings. The van der Waals surface area contributed by atoms with E-state index in [1.165, 1.54) is 12.1 Å². The third-order valence-corrected chi connectivity index (χ3v) is 4.96. The first-order valence-electron chi connectivity index (χ1n) is 8.92. The van der Waals surface area contributed by atoms with Crippen LogP contribution in [0.25, 0.3) is 11.1 Å². The fourth-order valence-corrected chi connectivity index (χ4v) is 3.42. The van der Waals surface area contributed by atoms with Gasteiger partial charge in [0.15, 0.2) is 11.6 Å².